The number of hydrogen-bond donors (Lipinski definition) is 2. The van der Waals surface area contributed by atoms with Gasteiger partial charge in [-0.3, -0.25) is 9.69 Å². The minimum absolute atomic E-state index is 0.138. The Labute approximate surface area is 149 Å². The molecule has 0 aromatic heterocycles. The summed E-state index contributed by atoms with van der Waals surface area (Å²) < 4.78 is 0. The van der Waals surface area contributed by atoms with Crippen molar-refractivity contribution in [3.05, 3.63) is 24.3 Å². The Morgan fingerprint density at radius 1 is 1.16 bits per heavy atom. The Bertz CT molecular complexity index is 601. The lowest BCUT2D eigenvalue weighted by molar-refractivity contribution is -0.138. The number of piperidine rings is 1. The van der Waals surface area contributed by atoms with E-state index in [9.17, 15) is 15.0 Å². The third kappa shape index (κ3) is 3.90. The summed E-state index contributed by atoms with van der Waals surface area (Å²) in [6, 6.07) is 7.13. The van der Waals surface area contributed by atoms with Crippen molar-refractivity contribution in [1.29, 1.82) is 0 Å². The van der Waals surface area contributed by atoms with E-state index in [1.807, 2.05) is 30.0 Å². The number of nitrogens with zero attached hydrogens (tertiary/aromatic N) is 3. The zero-order chi connectivity index (χ0) is 18.0. The number of para-hydroxylation sites is 2. The van der Waals surface area contributed by atoms with Gasteiger partial charge >= 0.3 is 0 Å². The molecule has 3 unspecified atom stereocenters. The normalized spacial score (nSPS) is 26.5. The van der Waals surface area contributed by atoms with Crippen molar-refractivity contribution in [2.45, 2.75) is 32.4 Å². The first kappa shape index (κ1) is 18.0. The van der Waals surface area contributed by atoms with Crippen molar-refractivity contribution in [3.8, 4) is 5.75 Å². The zero-order valence-corrected chi connectivity index (χ0v) is 15.1. The molecule has 2 saturated heterocycles. The molecule has 1 aromatic rings. The maximum absolute atomic E-state index is 12.8. The average Bonchev–Trinajstić information content (AvgIpc) is 2.63. The van der Waals surface area contributed by atoms with Crippen LogP contribution in [0.1, 0.15) is 20.3 Å². The molecule has 2 fully saturated rings. The summed E-state index contributed by atoms with van der Waals surface area (Å²) in [6.07, 6.45) is 0.585. The lowest BCUT2D eigenvalue weighted by Gasteiger charge is -2.41. The Morgan fingerprint density at radius 2 is 1.84 bits per heavy atom. The summed E-state index contributed by atoms with van der Waals surface area (Å²) in [7, 11) is 0. The summed E-state index contributed by atoms with van der Waals surface area (Å²) in [5, 5.41) is 20.1. The van der Waals surface area contributed by atoms with Crippen molar-refractivity contribution in [2.24, 2.45) is 5.92 Å². The van der Waals surface area contributed by atoms with Crippen LogP contribution in [0.15, 0.2) is 24.3 Å². The van der Waals surface area contributed by atoms with Gasteiger partial charge in [0.05, 0.1) is 17.8 Å². The third-order valence-electron chi connectivity index (χ3n) is 5.67. The number of phenolic OH excluding ortho intramolecular Hbond substituents is 1. The van der Waals surface area contributed by atoms with Gasteiger partial charge < -0.3 is 20.0 Å². The average molecular weight is 347 g/mol. The van der Waals surface area contributed by atoms with Crippen molar-refractivity contribution in [1.82, 2.24) is 9.80 Å². The van der Waals surface area contributed by atoms with E-state index in [0.717, 1.165) is 31.7 Å². The fraction of sp³-hybridized carbons (Fsp3) is 0.632. The number of rotatable bonds is 3. The van der Waals surface area contributed by atoms with Crippen molar-refractivity contribution in [3.63, 3.8) is 0 Å². The molecule has 0 bridgehead atoms. The highest BCUT2D eigenvalue weighted by Gasteiger charge is 2.33. The molecule has 3 rings (SSSR count). The molecular weight excluding hydrogens is 318 g/mol. The van der Waals surface area contributed by atoms with Gasteiger partial charge in [-0.05, 0) is 37.9 Å². The number of benzene rings is 1. The van der Waals surface area contributed by atoms with Gasteiger partial charge in [0.2, 0.25) is 5.91 Å². The van der Waals surface area contributed by atoms with E-state index in [2.05, 4.69) is 16.7 Å². The molecule has 2 heterocycles. The van der Waals surface area contributed by atoms with Crippen LogP contribution in [0, 0.1) is 5.92 Å². The van der Waals surface area contributed by atoms with Crippen LogP contribution in [0.4, 0.5) is 5.69 Å². The van der Waals surface area contributed by atoms with Gasteiger partial charge in [0.25, 0.3) is 0 Å². The number of piperazine rings is 1. The number of aliphatic hydroxyl groups excluding tert-OH is 1. The Balaban J connectivity index is 1.55. The van der Waals surface area contributed by atoms with Gasteiger partial charge in [-0.25, -0.2) is 0 Å². The monoisotopic (exact) mass is 347 g/mol. The first-order chi connectivity index (χ1) is 12.0. The largest absolute Gasteiger partial charge is 0.506 e. The first-order valence-corrected chi connectivity index (χ1v) is 9.21. The highest BCUT2D eigenvalue weighted by molar-refractivity contribution is 5.82. The van der Waals surface area contributed by atoms with E-state index in [0.29, 0.717) is 25.6 Å². The van der Waals surface area contributed by atoms with Crippen molar-refractivity contribution < 1.29 is 15.0 Å². The van der Waals surface area contributed by atoms with Gasteiger partial charge in [-0.15, -0.1) is 0 Å². The molecule has 0 saturated carbocycles. The highest BCUT2D eigenvalue weighted by Crippen LogP contribution is 2.27. The quantitative estimate of drug-likeness (QED) is 0.858. The van der Waals surface area contributed by atoms with Crippen LogP contribution in [0.2, 0.25) is 0 Å². The summed E-state index contributed by atoms with van der Waals surface area (Å²) in [5.74, 6) is 0.728. The second-order valence-electron chi connectivity index (χ2n) is 7.31. The molecule has 2 aliphatic heterocycles. The van der Waals surface area contributed by atoms with Gasteiger partial charge in [-0.1, -0.05) is 19.1 Å². The second kappa shape index (κ2) is 7.62. The molecule has 0 spiro atoms. The predicted molar refractivity (Wildman–Crippen MR) is 97.7 cm³/mol. The molecule has 3 atom stereocenters. The molecular formula is C19H29N3O3. The summed E-state index contributed by atoms with van der Waals surface area (Å²) in [5.41, 5.74) is 0.829. The topological polar surface area (TPSA) is 67.3 Å². The van der Waals surface area contributed by atoms with Gasteiger partial charge in [0, 0.05) is 32.7 Å². The molecule has 25 heavy (non-hydrogen) atoms. The maximum Gasteiger partial charge on any atom is 0.239 e. The fourth-order valence-corrected chi connectivity index (χ4v) is 3.74. The molecule has 0 aliphatic carbocycles. The van der Waals surface area contributed by atoms with Crippen LogP contribution in [0.3, 0.4) is 0 Å². The number of likely N-dealkylation sites (tertiary alicyclic amines) is 1. The Morgan fingerprint density at radius 3 is 2.48 bits per heavy atom. The van der Waals surface area contributed by atoms with E-state index in [1.54, 1.807) is 6.07 Å². The van der Waals surface area contributed by atoms with E-state index >= 15 is 0 Å². The Kier molecular flexibility index (Phi) is 5.49. The standard InChI is InChI=1S/C19H29N3O3/c1-14-7-8-22(13-18(14)24)15(2)19(25)21-11-9-20(10-12-21)16-5-3-4-6-17(16)23/h3-6,14-15,18,23-24H,7-13H2,1-2H3. The number of β-amino-alcohol motifs (C(OH)–C–C–N with tert-alkyl or cyclic N) is 1. The number of anilines is 1. The number of hydrogen-bond acceptors (Lipinski definition) is 5. The minimum Gasteiger partial charge on any atom is -0.506 e. The van der Waals surface area contributed by atoms with Crippen LogP contribution in [-0.2, 0) is 4.79 Å². The number of aliphatic hydroxyl groups is 1. The highest BCUT2D eigenvalue weighted by atomic mass is 16.3. The van der Waals surface area contributed by atoms with E-state index in [-0.39, 0.29) is 23.8 Å². The van der Waals surface area contributed by atoms with Gasteiger partial charge in [-0.2, -0.15) is 0 Å². The second-order valence-corrected chi connectivity index (χ2v) is 7.31. The van der Waals surface area contributed by atoms with Crippen LogP contribution in [0.25, 0.3) is 0 Å². The van der Waals surface area contributed by atoms with E-state index < -0.39 is 0 Å². The van der Waals surface area contributed by atoms with E-state index in [1.165, 1.54) is 0 Å². The number of carbonyl (C=O) groups is 1. The summed E-state index contributed by atoms with van der Waals surface area (Å²) >= 11 is 0. The SMILES string of the molecule is CC1CCN(C(C)C(=O)N2CCN(c3ccccc3O)CC2)CC1O. The lowest BCUT2D eigenvalue weighted by Crippen LogP contribution is -2.56. The van der Waals surface area contributed by atoms with Crippen molar-refractivity contribution >= 4 is 11.6 Å². The van der Waals surface area contributed by atoms with Crippen LogP contribution in [0.5, 0.6) is 5.75 Å². The van der Waals surface area contributed by atoms with E-state index in [4.69, 9.17) is 0 Å². The molecule has 0 radical (unpaired) electrons. The minimum atomic E-state index is -0.345. The van der Waals surface area contributed by atoms with Crippen LogP contribution in [-0.4, -0.2) is 77.3 Å². The number of amides is 1. The third-order valence-corrected chi connectivity index (χ3v) is 5.67. The fourth-order valence-electron chi connectivity index (χ4n) is 3.74. The summed E-state index contributed by atoms with van der Waals surface area (Å²) in [4.78, 5) is 19.0. The van der Waals surface area contributed by atoms with Gasteiger partial charge in [0.1, 0.15) is 5.75 Å². The summed E-state index contributed by atoms with van der Waals surface area (Å²) in [6.45, 7) is 8.20. The van der Waals surface area contributed by atoms with Crippen LogP contribution >= 0.6 is 0 Å². The Hall–Kier alpha value is -1.79. The first-order valence-electron chi connectivity index (χ1n) is 9.21. The molecule has 2 aliphatic rings. The smallest absolute Gasteiger partial charge is 0.239 e. The molecule has 1 amide bonds. The van der Waals surface area contributed by atoms with Crippen molar-refractivity contribution in [2.75, 3.05) is 44.2 Å². The maximum atomic E-state index is 12.8. The molecule has 1 aromatic carbocycles. The van der Waals surface area contributed by atoms with Gasteiger partial charge in [0.15, 0.2) is 0 Å². The number of phenols is 1. The molecule has 6 nitrogen and oxygen atoms in total. The number of aromatic hydroxyl groups is 1. The predicted octanol–water partition coefficient (Wildman–Crippen LogP) is 1.13. The lowest BCUT2D eigenvalue weighted by atomic mass is 9.95. The molecule has 2 N–H and O–H groups in total. The zero-order valence-electron chi connectivity index (χ0n) is 15.1. The molecule has 138 valence electrons. The molecule has 6 heteroatoms. The number of carbonyl (C=O) groups excluding carboxylic acids is 1. The van der Waals surface area contributed by atoms with Crippen LogP contribution < -0.4 is 4.90 Å².